The number of hydrogen-bond acceptors (Lipinski definition) is 3. The van der Waals surface area contributed by atoms with E-state index in [0.29, 0.717) is 22.4 Å². The molecule has 0 aliphatic heterocycles. The SMILES string of the molecule is Cn1c(=O)c2c(nc(Br)n2CCCBr)n(C)c1=O. The molecule has 0 aliphatic carbocycles. The van der Waals surface area contributed by atoms with Crippen LogP contribution in [0.3, 0.4) is 0 Å². The molecule has 6 nitrogen and oxygen atoms in total. The fourth-order valence-corrected chi connectivity index (χ4v) is 2.62. The second-order valence-corrected chi connectivity index (χ2v) is 5.46. The van der Waals surface area contributed by atoms with Crippen molar-refractivity contribution >= 4 is 43.0 Å². The molecule has 0 atom stereocenters. The molecule has 2 aromatic heterocycles. The van der Waals surface area contributed by atoms with Crippen LogP contribution in [0.5, 0.6) is 0 Å². The molecule has 0 radical (unpaired) electrons. The molecule has 0 bridgehead atoms. The summed E-state index contributed by atoms with van der Waals surface area (Å²) in [5.41, 5.74) is 0.169. The summed E-state index contributed by atoms with van der Waals surface area (Å²) < 4.78 is 4.84. The van der Waals surface area contributed by atoms with E-state index in [2.05, 4.69) is 36.8 Å². The van der Waals surface area contributed by atoms with E-state index in [1.807, 2.05) is 0 Å². The maximum atomic E-state index is 12.2. The van der Waals surface area contributed by atoms with Crippen LogP contribution in [0.2, 0.25) is 0 Å². The summed E-state index contributed by atoms with van der Waals surface area (Å²) in [7, 11) is 3.08. The van der Waals surface area contributed by atoms with Gasteiger partial charge in [-0.15, -0.1) is 0 Å². The van der Waals surface area contributed by atoms with Crippen molar-refractivity contribution in [3.8, 4) is 0 Å². The maximum Gasteiger partial charge on any atom is 0.332 e. The van der Waals surface area contributed by atoms with E-state index in [0.717, 1.165) is 16.3 Å². The zero-order chi connectivity index (χ0) is 13.4. The third-order valence-corrected chi connectivity index (χ3v) is 3.98. The van der Waals surface area contributed by atoms with Gasteiger partial charge in [0.25, 0.3) is 5.56 Å². The number of nitrogens with zero attached hydrogens (tertiary/aromatic N) is 4. The summed E-state index contributed by atoms with van der Waals surface area (Å²) in [6.07, 6.45) is 0.871. The lowest BCUT2D eigenvalue weighted by atomic mass is 10.4. The molecule has 98 valence electrons. The van der Waals surface area contributed by atoms with Crippen LogP contribution >= 0.6 is 31.9 Å². The van der Waals surface area contributed by atoms with Crippen LogP contribution in [-0.4, -0.2) is 24.0 Å². The van der Waals surface area contributed by atoms with Gasteiger partial charge in [0, 0.05) is 26.0 Å². The average Bonchev–Trinajstić information content (AvgIpc) is 2.68. The highest BCUT2D eigenvalue weighted by Gasteiger charge is 2.17. The minimum atomic E-state index is -0.370. The topological polar surface area (TPSA) is 61.8 Å². The summed E-state index contributed by atoms with van der Waals surface area (Å²) in [6.45, 7) is 0.662. The standard InChI is InChI=1S/C10H12Br2N4O2/c1-14-7-6(8(17)15(2)10(14)18)16(5-3-4-11)9(12)13-7/h3-5H2,1-2H3. The van der Waals surface area contributed by atoms with Crippen LogP contribution in [0, 0.1) is 0 Å². The van der Waals surface area contributed by atoms with Crippen LogP contribution in [0.25, 0.3) is 11.2 Å². The number of aromatic nitrogens is 4. The molecule has 2 rings (SSSR count). The number of hydrogen-bond donors (Lipinski definition) is 0. The summed E-state index contributed by atoms with van der Waals surface area (Å²) in [6, 6.07) is 0. The van der Waals surface area contributed by atoms with Gasteiger partial charge in [0.15, 0.2) is 15.9 Å². The van der Waals surface area contributed by atoms with Gasteiger partial charge >= 0.3 is 5.69 Å². The molecule has 0 spiro atoms. The number of fused-ring (bicyclic) bond motifs is 1. The molecule has 0 unspecified atom stereocenters. The lowest BCUT2D eigenvalue weighted by Crippen LogP contribution is -2.37. The van der Waals surface area contributed by atoms with Gasteiger partial charge in [0.1, 0.15) is 0 Å². The van der Waals surface area contributed by atoms with Crippen molar-refractivity contribution in [3.63, 3.8) is 0 Å². The maximum absolute atomic E-state index is 12.2. The van der Waals surface area contributed by atoms with Gasteiger partial charge in [0.2, 0.25) is 0 Å². The van der Waals surface area contributed by atoms with Gasteiger partial charge in [-0.1, -0.05) is 15.9 Å². The Morgan fingerprint density at radius 2 is 1.89 bits per heavy atom. The Morgan fingerprint density at radius 1 is 1.22 bits per heavy atom. The van der Waals surface area contributed by atoms with Crippen molar-refractivity contribution in [2.45, 2.75) is 13.0 Å². The quantitative estimate of drug-likeness (QED) is 0.590. The Labute approximate surface area is 119 Å². The normalized spacial score (nSPS) is 11.3. The Balaban J connectivity index is 2.86. The molecular formula is C10H12Br2N4O2. The Kier molecular flexibility index (Phi) is 3.76. The number of aryl methyl sites for hydroxylation is 2. The highest BCUT2D eigenvalue weighted by molar-refractivity contribution is 9.10. The first-order chi connectivity index (χ1) is 8.49. The van der Waals surface area contributed by atoms with Crippen molar-refractivity contribution in [1.82, 2.24) is 18.7 Å². The molecule has 8 heteroatoms. The van der Waals surface area contributed by atoms with E-state index in [4.69, 9.17) is 0 Å². The molecule has 0 aromatic carbocycles. The molecular weight excluding hydrogens is 368 g/mol. The van der Waals surface area contributed by atoms with E-state index in [1.165, 1.54) is 11.6 Å². The van der Waals surface area contributed by atoms with Crippen molar-refractivity contribution in [3.05, 3.63) is 25.6 Å². The Morgan fingerprint density at radius 3 is 2.50 bits per heavy atom. The van der Waals surface area contributed by atoms with Crippen molar-refractivity contribution in [1.29, 1.82) is 0 Å². The first-order valence-corrected chi connectivity index (χ1v) is 7.28. The van der Waals surface area contributed by atoms with Crippen molar-refractivity contribution in [2.75, 3.05) is 5.33 Å². The monoisotopic (exact) mass is 378 g/mol. The van der Waals surface area contributed by atoms with Crippen molar-refractivity contribution < 1.29 is 0 Å². The largest absolute Gasteiger partial charge is 0.332 e. The lowest BCUT2D eigenvalue weighted by Gasteiger charge is -2.06. The predicted molar refractivity (Wildman–Crippen MR) is 76.3 cm³/mol. The number of halogens is 2. The summed E-state index contributed by atoms with van der Waals surface area (Å²) in [5, 5.41) is 0.838. The summed E-state index contributed by atoms with van der Waals surface area (Å²) in [5.74, 6) is 0. The van der Waals surface area contributed by atoms with Gasteiger partial charge < -0.3 is 4.57 Å². The number of alkyl halides is 1. The highest BCUT2D eigenvalue weighted by atomic mass is 79.9. The van der Waals surface area contributed by atoms with Crippen LogP contribution in [-0.2, 0) is 20.6 Å². The molecule has 0 fully saturated rings. The van der Waals surface area contributed by atoms with E-state index in [1.54, 1.807) is 11.6 Å². The minimum absolute atomic E-state index is 0.319. The predicted octanol–water partition coefficient (Wildman–Crippen LogP) is 0.981. The molecule has 2 aromatic rings. The van der Waals surface area contributed by atoms with E-state index in [-0.39, 0.29) is 11.2 Å². The number of imidazole rings is 1. The highest BCUT2D eigenvalue weighted by Crippen LogP contribution is 2.16. The summed E-state index contributed by atoms with van der Waals surface area (Å²) >= 11 is 6.69. The summed E-state index contributed by atoms with van der Waals surface area (Å²) in [4.78, 5) is 28.2. The fraction of sp³-hybridized carbons (Fsp3) is 0.500. The molecule has 0 aliphatic rings. The zero-order valence-electron chi connectivity index (χ0n) is 9.98. The van der Waals surface area contributed by atoms with Gasteiger partial charge in [-0.05, 0) is 22.4 Å². The molecule has 18 heavy (non-hydrogen) atoms. The fourth-order valence-electron chi connectivity index (χ4n) is 1.84. The Hall–Kier alpha value is -0.890. The zero-order valence-corrected chi connectivity index (χ0v) is 13.2. The van der Waals surface area contributed by atoms with Gasteiger partial charge in [0.05, 0.1) is 0 Å². The second kappa shape index (κ2) is 5.00. The number of rotatable bonds is 3. The van der Waals surface area contributed by atoms with E-state index in [9.17, 15) is 9.59 Å². The van der Waals surface area contributed by atoms with E-state index < -0.39 is 0 Å². The van der Waals surface area contributed by atoms with Crippen LogP contribution in [0.1, 0.15) is 6.42 Å². The molecule has 0 amide bonds. The molecule has 0 N–H and O–H groups in total. The Bertz CT molecular complexity index is 713. The third-order valence-electron chi connectivity index (χ3n) is 2.82. The molecule has 2 heterocycles. The van der Waals surface area contributed by atoms with Gasteiger partial charge in [-0.25, -0.2) is 9.78 Å². The van der Waals surface area contributed by atoms with E-state index >= 15 is 0 Å². The van der Waals surface area contributed by atoms with Crippen LogP contribution in [0.4, 0.5) is 0 Å². The van der Waals surface area contributed by atoms with Gasteiger partial charge in [-0.3, -0.25) is 13.9 Å². The minimum Gasteiger partial charge on any atom is -0.313 e. The second-order valence-electron chi connectivity index (χ2n) is 3.95. The lowest BCUT2D eigenvalue weighted by molar-refractivity contribution is 0.672. The third kappa shape index (κ3) is 1.97. The van der Waals surface area contributed by atoms with Crippen LogP contribution < -0.4 is 11.2 Å². The molecule has 0 saturated heterocycles. The van der Waals surface area contributed by atoms with Crippen LogP contribution in [0.15, 0.2) is 14.3 Å². The van der Waals surface area contributed by atoms with Crippen molar-refractivity contribution in [2.24, 2.45) is 14.1 Å². The average molecular weight is 380 g/mol. The first-order valence-electron chi connectivity index (χ1n) is 5.36. The smallest absolute Gasteiger partial charge is 0.313 e. The first kappa shape index (κ1) is 13.5. The molecule has 0 saturated carbocycles. The van der Waals surface area contributed by atoms with Gasteiger partial charge in [-0.2, -0.15) is 0 Å².